The summed E-state index contributed by atoms with van der Waals surface area (Å²) in [5.74, 6) is 0. The quantitative estimate of drug-likeness (QED) is 0.812. The van der Waals surface area contributed by atoms with Gasteiger partial charge in [-0.2, -0.15) is 0 Å². The average molecular weight is 209 g/mol. The molecule has 0 aliphatic rings. The molecule has 2 aromatic heterocycles. The molecule has 2 N–H and O–H groups in total. The van der Waals surface area contributed by atoms with Crippen LogP contribution in [0.4, 0.5) is 5.69 Å². The summed E-state index contributed by atoms with van der Waals surface area (Å²) in [7, 11) is 0. The first kappa shape index (κ1) is 9.02. The molecule has 0 amide bonds. The summed E-state index contributed by atoms with van der Waals surface area (Å²) in [6, 6.07) is 1.83. The van der Waals surface area contributed by atoms with Gasteiger partial charge in [-0.05, 0) is 6.07 Å². The number of aromatic amines is 1. The molecule has 2 aromatic rings. The van der Waals surface area contributed by atoms with Crippen LogP contribution in [-0.2, 0) is 6.54 Å². The van der Waals surface area contributed by atoms with Gasteiger partial charge in [0.2, 0.25) is 0 Å². The van der Waals surface area contributed by atoms with E-state index in [1.165, 1.54) is 0 Å². The molecule has 0 spiro atoms. The highest BCUT2D eigenvalue weighted by Crippen LogP contribution is 2.19. The standard InChI is InChI=1S/C9H9ClN4/c10-8-5-11-2-1-9(8)13-4-7-3-12-6-14-7/h1-3,5-6H,4H2,(H,11,13)(H,12,14). The van der Waals surface area contributed by atoms with Gasteiger partial charge in [-0.15, -0.1) is 0 Å². The van der Waals surface area contributed by atoms with Crippen molar-refractivity contribution < 1.29 is 0 Å². The van der Waals surface area contributed by atoms with Gasteiger partial charge in [-0.1, -0.05) is 11.6 Å². The summed E-state index contributed by atoms with van der Waals surface area (Å²) in [6.45, 7) is 0.670. The van der Waals surface area contributed by atoms with E-state index < -0.39 is 0 Å². The van der Waals surface area contributed by atoms with Crippen LogP contribution in [0.5, 0.6) is 0 Å². The normalized spacial score (nSPS) is 10.1. The van der Waals surface area contributed by atoms with Gasteiger partial charge in [0, 0.05) is 18.6 Å². The summed E-state index contributed by atoms with van der Waals surface area (Å²) in [6.07, 6.45) is 6.71. The molecule has 72 valence electrons. The molecule has 0 fully saturated rings. The number of anilines is 1. The number of hydrogen-bond acceptors (Lipinski definition) is 3. The maximum absolute atomic E-state index is 5.91. The van der Waals surface area contributed by atoms with Crippen molar-refractivity contribution in [1.29, 1.82) is 0 Å². The number of hydrogen-bond donors (Lipinski definition) is 2. The smallest absolute Gasteiger partial charge is 0.0922 e. The Kier molecular flexibility index (Phi) is 2.65. The second kappa shape index (κ2) is 4.11. The van der Waals surface area contributed by atoms with E-state index >= 15 is 0 Å². The lowest BCUT2D eigenvalue weighted by Gasteiger charge is -2.05. The first-order chi connectivity index (χ1) is 6.86. The fourth-order valence-electron chi connectivity index (χ4n) is 1.09. The molecule has 0 saturated carbocycles. The first-order valence-corrected chi connectivity index (χ1v) is 4.54. The van der Waals surface area contributed by atoms with Gasteiger partial charge in [-0.3, -0.25) is 4.98 Å². The van der Waals surface area contributed by atoms with Crippen molar-refractivity contribution >= 4 is 17.3 Å². The largest absolute Gasteiger partial charge is 0.378 e. The number of aromatic nitrogens is 3. The van der Waals surface area contributed by atoms with Crippen molar-refractivity contribution in [2.75, 3.05) is 5.32 Å². The molecule has 14 heavy (non-hydrogen) atoms. The van der Waals surface area contributed by atoms with Gasteiger partial charge in [0.15, 0.2) is 0 Å². The Balaban J connectivity index is 2.02. The number of nitrogens with one attached hydrogen (secondary N) is 2. The van der Waals surface area contributed by atoms with E-state index in [1.54, 1.807) is 24.9 Å². The highest BCUT2D eigenvalue weighted by atomic mass is 35.5. The van der Waals surface area contributed by atoms with Crippen LogP contribution in [0, 0.1) is 0 Å². The molecule has 0 aliphatic heterocycles. The lowest BCUT2D eigenvalue weighted by molar-refractivity contribution is 1.07. The first-order valence-electron chi connectivity index (χ1n) is 4.17. The van der Waals surface area contributed by atoms with Gasteiger partial charge in [0.1, 0.15) is 0 Å². The lowest BCUT2D eigenvalue weighted by Crippen LogP contribution is -2.00. The minimum Gasteiger partial charge on any atom is -0.378 e. The molecule has 0 saturated heterocycles. The Labute approximate surface area is 86.4 Å². The third-order valence-corrected chi connectivity index (χ3v) is 2.10. The van der Waals surface area contributed by atoms with Crippen LogP contribution in [0.15, 0.2) is 31.0 Å². The number of nitrogens with zero attached hydrogens (tertiary/aromatic N) is 2. The zero-order valence-electron chi connectivity index (χ0n) is 7.37. The van der Waals surface area contributed by atoms with Gasteiger partial charge in [0.05, 0.1) is 29.3 Å². The fourth-order valence-corrected chi connectivity index (χ4v) is 1.28. The third kappa shape index (κ3) is 2.03. The molecule has 5 heteroatoms. The highest BCUT2D eigenvalue weighted by molar-refractivity contribution is 6.33. The molecular weight excluding hydrogens is 200 g/mol. The Morgan fingerprint density at radius 3 is 3.00 bits per heavy atom. The van der Waals surface area contributed by atoms with Crippen molar-refractivity contribution in [2.45, 2.75) is 6.54 Å². The molecule has 0 atom stereocenters. The summed E-state index contributed by atoms with van der Waals surface area (Å²) >= 11 is 5.91. The molecule has 0 aromatic carbocycles. The third-order valence-electron chi connectivity index (χ3n) is 1.80. The summed E-state index contributed by atoms with van der Waals surface area (Å²) < 4.78 is 0. The zero-order chi connectivity index (χ0) is 9.80. The van der Waals surface area contributed by atoms with Crippen LogP contribution in [0.3, 0.4) is 0 Å². The van der Waals surface area contributed by atoms with E-state index in [9.17, 15) is 0 Å². The van der Waals surface area contributed by atoms with Crippen LogP contribution >= 0.6 is 11.6 Å². The van der Waals surface area contributed by atoms with Crippen molar-refractivity contribution in [2.24, 2.45) is 0 Å². The second-order valence-electron chi connectivity index (χ2n) is 2.79. The molecular formula is C9H9ClN4. The molecule has 4 nitrogen and oxygen atoms in total. The zero-order valence-corrected chi connectivity index (χ0v) is 8.12. The fraction of sp³-hybridized carbons (Fsp3) is 0.111. The molecule has 2 rings (SSSR count). The van der Waals surface area contributed by atoms with Gasteiger partial charge < -0.3 is 10.3 Å². The van der Waals surface area contributed by atoms with Crippen LogP contribution in [-0.4, -0.2) is 15.0 Å². The maximum Gasteiger partial charge on any atom is 0.0922 e. The van der Waals surface area contributed by atoms with Gasteiger partial charge in [0.25, 0.3) is 0 Å². The van der Waals surface area contributed by atoms with Gasteiger partial charge in [-0.25, -0.2) is 4.98 Å². The number of imidazole rings is 1. The maximum atomic E-state index is 5.91. The number of H-pyrrole nitrogens is 1. The highest BCUT2D eigenvalue weighted by Gasteiger charge is 1.98. The van der Waals surface area contributed by atoms with E-state index in [-0.39, 0.29) is 0 Å². The van der Waals surface area contributed by atoms with E-state index in [0.717, 1.165) is 11.4 Å². The molecule has 0 unspecified atom stereocenters. The minimum atomic E-state index is 0.618. The van der Waals surface area contributed by atoms with Crippen LogP contribution in [0.25, 0.3) is 0 Å². The van der Waals surface area contributed by atoms with E-state index in [0.29, 0.717) is 11.6 Å². The van der Waals surface area contributed by atoms with Crippen molar-refractivity contribution in [1.82, 2.24) is 15.0 Å². The minimum absolute atomic E-state index is 0.618. The SMILES string of the molecule is Clc1cnccc1NCc1cnc[nH]1. The van der Waals surface area contributed by atoms with Crippen LogP contribution < -0.4 is 5.32 Å². The summed E-state index contributed by atoms with van der Waals surface area (Å²) in [4.78, 5) is 10.8. The van der Waals surface area contributed by atoms with E-state index in [4.69, 9.17) is 11.6 Å². The molecule has 0 aliphatic carbocycles. The predicted octanol–water partition coefficient (Wildman–Crippen LogP) is 2.07. The van der Waals surface area contributed by atoms with Crippen molar-refractivity contribution in [3.05, 3.63) is 41.7 Å². The van der Waals surface area contributed by atoms with Crippen LogP contribution in [0.1, 0.15) is 5.69 Å². The Hall–Kier alpha value is -1.55. The van der Waals surface area contributed by atoms with Crippen molar-refractivity contribution in [3.8, 4) is 0 Å². The van der Waals surface area contributed by atoms with Crippen molar-refractivity contribution in [3.63, 3.8) is 0 Å². The second-order valence-corrected chi connectivity index (χ2v) is 3.19. The summed E-state index contributed by atoms with van der Waals surface area (Å²) in [5.41, 5.74) is 1.88. The molecule has 0 radical (unpaired) electrons. The van der Waals surface area contributed by atoms with E-state index in [2.05, 4.69) is 20.3 Å². The number of rotatable bonds is 3. The lowest BCUT2D eigenvalue weighted by atomic mass is 10.4. The average Bonchev–Trinajstić information content (AvgIpc) is 2.69. The predicted molar refractivity (Wildman–Crippen MR) is 55.2 cm³/mol. The Morgan fingerprint density at radius 2 is 2.29 bits per heavy atom. The van der Waals surface area contributed by atoms with E-state index in [1.807, 2.05) is 6.07 Å². The van der Waals surface area contributed by atoms with Crippen LogP contribution in [0.2, 0.25) is 5.02 Å². The Morgan fingerprint density at radius 1 is 1.36 bits per heavy atom. The monoisotopic (exact) mass is 208 g/mol. The number of halogens is 1. The van der Waals surface area contributed by atoms with Gasteiger partial charge >= 0.3 is 0 Å². The molecule has 2 heterocycles. The topological polar surface area (TPSA) is 53.6 Å². The Bertz CT molecular complexity index is 399. The summed E-state index contributed by atoms with van der Waals surface area (Å²) in [5, 5.41) is 3.79. The number of pyridine rings is 1. The molecule has 0 bridgehead atoms.